The van der Waals surface area contributed by atoms with Crippen molar-refractivity contribution in [3.05, 3.63) is 59.9 Å². The molecule has 6 nitrogen and oxygen atoms in total. The van der Waals surface area contributed by atoms with Crippen LogP contribution in [-0.4, -0.2) is 42.3 Å². The van der Waals surface area contributed by atoms with Gasteiger partial charge in [-0.25, -0.2) is 4.79 Å². The van der Waals surface area contributed by atoms with Gasteiger partial charge in [0.2, 0.25) is 0 Å². The first-order valence-corrected chi connectivity index (χ1v) is 11.9. The fraction of sp³-hybridized carbons (Fsp3) is 0.520. The minimum absolute atomic E-state index is 0.0138. The van der Waals surface area contributed by atoms with Crippen LogP contribution in [-0.2, 0) is 17.5 Å². The van der Waals surface area contributed by atoms with Gasteiger partial charge < -0.3 is 20.3 Å². The molecule has 34 heavy (non-hydrogen) atoms. The molecule has 2 aromatic rings. The maximum Gasteiger partial charge on any atom is 0.416 e. The minimum atomic E-state index is -4.33. The lowest BCUT2D eigenvalue weighted by atomic mass is 9.89. The molecule has 1 amide bonds. The molecule has 0 unspecified atom stereocenters. The summed E-state index contributed by atoms with van der Waals surface area (Å²) < 4.78 is 44.0. The summed E-state index contributed by atoms with van der Waals surface area (Å²) in [6.07, 6.45) is 4.52. The summed E-state index contributed by atoms with van der Waals surface area (Å²) in [6.45, 7) is 1.74. The number of nitrogens with one attached hydrogen (secondary N) is 2. The van der Waals surface area contributed by atoms with Gasteiger partial charge in [0.1, 0.15) is 6.61 Å². The third-order valence-electron chi connectivity index (χ3n) is 6.62. The third kappa shape index (κ3) is 6.62. The molecule has 4 rings (SSSR count). The van der Waals surface area contributed by atoms with Crippen molar-refractivity contribution in [2.24, 2.45) is 0 Å². The molecule has 1 aromatic heterocycles. The average Bonchev–Trinajstić information content (AvgIpc) is 2.84. The van der Waals surface area contributed by atoms with Crippen LogP contribution in [0.25, 0.3) is 0 Å². The van der Waals surface area contributed by atoms with Crippen LogP contribution in [0.15, 0.2) is 48.8 Å². The molecule has 9 heteroatoms. The molecule has 2 aliphatic rings. The first kappa shape index (κ1) is 24.3. The van der Waals surface area contributed by atoms with E-state index in [1.807, 2.05) is 12.1 Å². The van der Waals surface area contributed by atoms with Crippen LogP contribution in [0.5, 0.6) is 0 Å². The number of rotatable bonds is 6. The molecule has 1 aliphatic carbocycles. The number of aromatic nitrogens is 1. The highest BCUT2D eigenvalue weighted by Gasteiger charge is 2.32. The van der Waals surface area contributed by atoms with Gasteiger partial charge in [-0.2, -0.15) is 13.2 Å². The van der Waals surface area contributed by atoms with Gasteiger partial charge in [-0.05, 0) is 67.6 Å². The standard InChI is InChI=1S/C25H31F3N4O2/c26-25(27,28)19-7-9-21(10-8-19)32-15-3-4-20(16-32)30-22-5-1-2-6-23(22)31-24(33)34-17-18-11-13-29-14-12-18/h7-14,20,22-23,30H,1-6,15-17H2,(H,31,33)/t20-,22+,23+/m0/s1. The molecule has 1 saturated heterocycles. The van der Waals surface area contributed by atoms with Gasteiger partial charge in [-0.15, -0.1) is 0 Å². The van der Waals surface area contributed by atoms with Crippen molar-refractivity contribution >= 4 is 11.8 Å². The smallest absolute Gasteiger partial charge is 0.416 e. The number of alkyl carbamates (subject to hydrolysis) is 1. The average molecular weight is 477 g/mol. The van der Waals surface area contributed by atoms with Crippen molar-refractivity contribution in [1.29, 1.82) is 0 Å². The second-order valence-electron chi connectivity index (χ2n) is 9.07. The number of halogens is 3. The Morgan fingerprint density at radius 1 is 1.00 bits per heavy atom. The number of nitrogens with zero attached hydrogens (tertiary/aromatic N) is 2. The molecule has 1 aliphatic heterocycles. The van der Waals surface area contributed by atoms with E-state index in [0.29, 0.717) is 0 Å². The van der Waals surface area contributed by atoms with Crippen molar-refractivity contribution in [1.82, 2.24) is 15.6 Å². The minimum Gasteiger partial charge on any atom is -0.445 e. The normalized spacial score (nSPS) is 23.4. The van der Waals surface area contributed by atoms with Crippen LogP contribution in [0.1, 0.15) is 49.7 Å². The maximum absolute atomic E-state index is 12.9. The first-order chi connectivity index (χ1) is 16.4. The van der Waals surface area contributed by atoms with Gasteiger partial charge in [-0.3, -0.25) is 4.98 Å². The zero-order chi connectivity index (χ0) is 24.0. The number of carbonyl (C=O) groups is 1. The largest absolute Gasteiger partial charge is 0.445 e. The first-order valence-electron chi connectivity index (χ1n) is 11.9. The summed E-state index contributed by atoms with van der Waals surface area (Å²) in [5.41, 5.74) is 1.06. The monoisotopic (exact) mass is 476 g/mol. The van der Waals surface area contributed by atoms with E-state index in [2.05, 4.69) is 20.5 Å². The molecule has 184 valence electrons. The highest BCUT2D eigenvalue weighted by molar-refractivity contribution is 5.67. The number of hydrogen-bond donors (Lipinski definition) is 2. The molecule has 2 N–H and O–H groups in total. The van der Waals surface area contributed by atoms with E-state index in [1.54, 1.807) is 24.5 Å². The SMILES string of the molecule is O=C(N[C@@H]1CCCC[C@H]1N[C@H]1CCCN(c2ccc(C(F)(F)F)cc2)C1)OCc1ccncc1. The molecule has 2 fully saturated rings. The lowest BCUT2D eigenvalue weighted by Crippen LogP contribution is -2.57. The van der Waals surface area contributed by atoms with Crippen molar-refractivity contribution in [2.45, 2.75) is 69.4 Å². The number of pyridine rings is 1. The fourth-order valence-corrected chi connectivity index (χ4v) is 4.84. The number of alkyl halides is 3. The van der Waals surface area contributed by atoms with E-state index in [9.17, 15) is 18.0 Å². The second kappa shape index (κ2) is 11.1. The van der Waals surface area contributed by atoms with Crippen LogP contribution in [0, 0.1) is 0 Å². The van der Waals surface area contributed by atoms with Crippen LogP contribution in [0.4, 0.5) is 23.7 Å². The third-order valence-corrected chi connectivity index (χ3v) is 6.62. The Hall–Kier alpha value is -2.81. The topological polar surface area (TPSA) is 66.5 Å². The molecule has 3 atom stereocenters. The van der Waals surface area contributed by atoms with Gasteiger partial charge >= 0.3 is 12.3 Å². The summed E-state index contributed by atoms with van der Waals surface area (Å²) >= 11 is 0. The predicted octanol–water partition coefficient (Wildman–Crippen LogP) is 4.90. The highest BCUT2D eigenvalue weighted by atomic mass is 19.4. The van der Waals surface area contributed by atoms with Crippen molar-refractivity contribution in [3.8, 4) is 0 Å². The van der Waals surface area contributed by atoms with Gasteiger partial charge in [0, 0.05) is 49.3 Å². The van der Waals surface area contributed by atoms with Crippen molar-refractivity contribution < 1.29 is 22.7 Å². The number of benzene rings is 1. The molecular weight excluding hydrogens is 445 g/mol. The summed E-state index contributed by atoms with van der Waals surface area (Å²) in [4.78, 5) is 18.5. The lowest BCUT2D eigenvalue weighted by Gasteiger charge is -2.40. The van der Waals surface area contributed by atoms with Crippen LogP contribution >= 0.6 is 0 Å². The molecule has 0 spiro atoms. The Labute approximate surface area is 197 Å². The highest BCUT2D eigenvalue weighted by Crippen LogP contribution is 2.31. The maximum atomic E-state index is 12.9. The van der Waals surface area contributed by atoms with Gasteiger partial charge in [-0.1, -0.05) is 12.8 Å². The quantitative estimate of drug-likeness (QED) is 0.621. The van der Waals surface area contributed by atoms with E-state index in [0.717, 1.165) is 75.0 Å². The Morgan fingerprint density at radius 2 is 1.71 bits per heavy atom. The van der Waals surface area contributed by atoms with E-state index in [-0.39, 0.29) is 24.7 Å². The van der Waals surface area contributed by atoms with Gasteiger partial charge in [0.15, 0.2) is 0 Å². The predicted molar refractivity (Wildman–Crippen MR) is 123 cm³/mol. The molecule has 1 aromatic carbocycles. The van der Waals surface area contributed by atoms with Crippen LogP contribution < -0.4 is 15.5 Å². The zero-order valence-electron chi connectivity index (χ0n) is 19.1. The van der Waals surface area contributed by atoms with E-state index < -0.39 is 17.8 Å². The molecule has 1 saturated carbocycles. The van der Waals surface area contributed by atoms with Gasteiger partial charge in [0.25, 0.3) is 0 Å². The number of carbonyl (C=O) groups excluding carboxylic acids is 1. The summed E-state index contributed by atoms with van der Waals surface area (Å²) in [6, 6.07) is 9.34. The van der Waals surface area contributed by atoms with E-state index in [4.69, 9.17) is 4.74 Å². The molecular formula is C25H31F3N4O2. The van der Waals surface area contributed by atoms with E-state index >= 15 is 0 Å². The number of anilines is 1. The summed E-state index contributed by atoms with van der Waals surface area (Å²) in [5, 5.41) is 6.75. The fourth-order valence-electron chi connectivity index (χ4n) is 4.84. The zero-order valence-corrected chi connectivity index (χ0v) is 19.1. The Balaban J connectivity index is 1.30. The summed E-state index contributed by atoms with van der Waals surface area (Å²) in [7, 11) is 0. The van der Waals surface area contributed by atoms with E-state index in [1.165, 1.54) is 0 Å². The number of hydrogen-bond acceptors (Lipinski definition) is 5. The summed E-state index contributed by atoms with van der Waals surface area (Å²) in [5.74, 6) is 0. The number of amides is 1. The molecule has 2 heterocycles. The lowest BCUT2D eigenvalue weighted by molar-refractivity contribution is -0.137. The van der Waals surface area contributed by atoms with Crippen molar-refractivity contribution in [2.75, 3.05) is 18.0 Å². The molecule has 0 radical (unpaired) electrons. The Morgan fingerprint density at radius 3 is 2.41 bits per heavy atom. The number of ether oxygens (including phenoxy) is 1. The van der Waals surface area contributed by atoms with Crippen LogP contribution in [0.2, 0.25) is 0 Å². The second-order valence-corrected chi connectivity index (χ2v) is 9.07. The Bertz CT molecular complexity index is 924. The molecule has 0 bridgehead atoms. The van der Waals surface area contributed by atoms with Crippen molar-refractivity contribution in [3.63, 3.8) is 0 Å². The van der Waals surface area contributed by atoms with Crippen LogP contribution in [0.3, 0.4) is 0 Å². The Kier molecular flexibility index (Phi) is 7.92. The van der Waals surface area contributed by atoms with Gasteiger partial charge in [0.05, 0.1) is 5.56 Å². The number of piperidine rings is 1.